The Morgan fingerprint density at radius 2 is 2.00 bits per heavy atom. The lowest BCUT2D eigenvalue weighted by Gasteiger charge is -2.25. The van der Waals surface area contributed by atoms with Gasteiger partial charge in [-0.3, -0.25) is 14.2 Å². The van der Waals surface area contributed by atoms with Crippen molar-refractivity contribution in [1.82, 2.24) is 14.5 Å². The molecule has 130 valence electrons. The van der Waals surface area contributed by atoms with Crippen molar-refractivity contribution in [3.8, 4) is 0 Å². The second kappa shape index (κ2) is 6.46. The van der Waals surface area contributed by atoms with Gasteiger partial charge in [0.25, 0.3) is 5.56 Å². The number of carbonyl (C=O) groups excluding carboxylic acids is 1. The minimum atomic E-state index is -0.287. The van der Waals surface area contributed by atoms with E-state index in [1.165, 1.54) is 6.20 Å². The van der Waals surface area contributed by atoms with Gasteiger partial charge >= 0.3 is 0 Å². The lowest BCUT2D eigenvalue weighted by atomic mass is 9.93. The molecule has 0 bridgehead atoms. The maximum absolute atomic E-state index is 13.1. The highest BCUT2D eigenvalue weighted by atomic mass is 16.1. The Bertz CT molecular complexity index is 950. The van der Waals surface area contributed by atoms with Crippen molar-refractivity contribution in [3.63, 3.8) is 0 Å². The van der Waals surface area contributed by atoms with E-state index < -0.39 is 0 Å². The van der Waals surface area contributed by atoms with Crippen LogP contribution in [0.4, 0.5) is 5.95 Å². The van der Waals surface area contributed by atoms with E-state index in [-0.39, 0.29) is 23.3 Å². The first kappa shape index (κ1) is 16.8. The highest BCUT2D eigenvalue weighted by Crippen LogP contribution is 2.29. The van der Waals surface area contributed by atoms with Crippen LogP contribution < -0.4 is 17.0 Å². The van der Waals surface area contributed by atoms with E-state index in [9.17, 15) is 9.59 Å². The Hall–Kier alpha value is -3.03. The maximum atomic E-state index is 13.1. The monoisotopic (exact) mass is 340 g/mol. The van der Waals surface area contributed by atoms with E-state index in [1.54, 1.807) is 17.6 Å². The molecule has 1 fully saturated rings. The molecule has 5 N–H and O–H groups in total. The molecular weight excluding hydrogens is 320 g/mol. The average molecular weight is 340 g/mol. The van der Waals surface area contributed by atoms with Crippen LogP contribution in [0.25, 0.3) is 16.6 Å². The summed E-state index contributed by atoms with van der Waals surface area (Å²) in [7, 11) is 0. The molecule has 1 aliphatic rings. The summed E-state index contributed by atoms with van der Waals surface area (Å²) in [4.78, 5) is 33.2. The van der Waals surface area contributed by atoms with Crippen LogP contribution in [0, 0.1) is 12.3 Å². The Morgan fingerprint density at radius 1 is 1.32 bits per heavy atom. The summed E-state index contributed by atoms with van der Waals surface area (Å²) in [6.45, 7) is 1.79. The fraction of sp³-hybridized carbons (Fsp3) is 0.353. The van der Waals surface area contributed by atoms with Gasteiger partial charge < -0.3 is 16.9 Å². The van der Waals surface area contributed by atoms with Crippen molar-refractivity contribution in [1.29, 1.82) is 5.41 Å². The van der Waals surface area contributed by atoms with Gasteiger partial charge in [0.05, 0.1) is 11.3 Å². The normalized spacial score (nSPS) is 16.4. The topological polar surface area (TPSA) is 141 Å². The highest BCUT2D eigenvalue weighted by Gasteiger charge is 2.25. The number of carbonyl (C=O) groups is 1. The third kappa shape index (κ3) is 2.90. The summed E-state index contributed by atoms with van der Waals surface area (Å²) in [5.74, 6) is 0.302. The average Bonchev–Trinajstić information content (AvgIpc) is 2.58. The number of aryl methyl sites for hydroxylation is 1. The van der Waals surface area contributed by atoms with Crippen molar-refractivity contribution >= 4 is 34.6 Å². The van der Waals surface area contributed by atoms with Crippen LogP contribution in [0.1, 0.15) is 43.0 Å². The molecule has 1 aliphatic carbocycles. The van der Waals surface area contributed by atoms with Crippen molar-refractivity contribution in [2.75, 3.05) is 5.73 Å². The number of anilines is 1. The molecule has 0 aliphatic heterocycles. The van der Waals surface area contributed by atoms with E-state index in [0.29, 0.717) is 53.5 Å². The molecule has 25 heavy (non-hydrogen) atoms. The van der Waals surface area contributed by atoms with Crippen LogP contribution in [0.2, 0.25) is 0 Å². The van der Waals surface area contributed by atoms with Crippen molar-refractivity contribution < 1.29 is 4.79 Å². The first-order chi connectivity index (χ1) is 12.0. The molecule has 2 heterocycles. The molecule has 0 spiro atoms. The first-order valence-corrected chi connectivity index (χ1v) is 8.10. The molecule has 0 unspecified atom stereocenters. The second-order valence-corrected chi connectivity index (χ2v) is 6.17. The van der Waals surface area contributed by atoms with Gasteiger partial charge in [-0.05, 0) is 25.8 Å². The number of Topliss-reactive ketones (excluding diaryl/α,β-unsaturated/α-hetero) is 1. The summed E-state index contributed by atoms with van der Waals surface area (Å²) in [6.07, 6.45) is 4.31. The van der Waals surface area contributed by atoms with Gasteiger partial charge in [0.2, 0.25) is 5.95 Å². The van der Waals surface area contributed by atoms with Gasteiger partial charge in [0, 0.05) is 42.3 Å². The number of hydrogen-bond donors (Lipinski definition) is 3. The molecule has 8 nitrogen and oxygen atoms in total. The van der Waals surface area contributed by atoms with Crippen LogP contribution >= 0.6 is 0 Å². The van der Waals surface area contributed by atoms with Crippen molar-refractivity contribution in [3.05, 3.63) is 33.9 Å². The Kier molecular flexibility index (Phi) is 4.35. The largest absolute Gasteiger partial charge is 0.404 e. The molecule has 8 heteroatoms. The van der Waals surface area contributed by atoms with E-state index in [2.05, 4.69) is 9.97 Å². The minimum absolute atomic E-state index is 0.0967. The molecule has 0 saturated heterocycles. The van der Waals surface area contributed by atoms with E-state index in [0.717, 1.165) is 6.21 Å². The standard InChI is InChI=1S/C17H20N6O2/c1-9-13-6-14(10(7-18)8-19)16(25)23(15(13)22-17(20)21-9)11-2-4-12(24)5-3-11/h6-8,11,18H,2-5,19H2,1H3,(H2,20,21,22)/b10-8+,18-7?. The van der Waals surface area contributed by atoms with Gasteiger partial charge in [0.15, 0.2) is 0 Å². The predicted molar refractivity (Wildman–Crippen MR) is 96.4 cm³/mol. The molecule has 1 saturated carbocycles. The fourth-order valence-corrected chi connectivity index (χ4v) is 3.32. The number of pyridine rings is 1. The summed E-state index contributed by atoms with van der Waals surface area (Å²) in [6, 6.07) is 1.51. The lowest BCUT2D eigenvalue weighted by molar-refractivity contribution is -0.120. The number of nitrogens with zero attached hydrogens (tertiary/aromatic N) is 3. The minimum Gasteiger partial charge on any atom is -0.404 e. The van der Waals surface area contributed by atoms with Gasteiger partial charge in [-0.15, -0.1) is 0 Å². The third-order valence-corrected chi connectivity index (χ3v) is 4.62. The van der Waals surface area contributed by atoms with Gasteiger partial charge in [0.1, 0.15) is 11.4 Å². The van der Waals surface area contributed by atoms with Crippen LogP contribution in [-0.2, 0) is 4.79 Å². The van der Waals surface area contributed by atoms with E-state index in [1.807, 2.05) is 0 Å². The van der Waals surface area contributed by atoms with E-state index in [4.69, 9.17) is 16.9 Å². The number of nitrogens with two attached hydrogens (primary N) is 2. The van der Waals surface area contributed by atoms with Gasteiger partial charge in [-0.1, -0.05) is 0 Å². The number of ketones is 1. The number of aromatic nitrogens is 3. The number of nitrogens with one attached hydrogen (secondary N) is 1. The highest BCUT2D eigenvalue weighted by molar-refractivity contribution is 6.08. The molecule has 0 aromatic carbocycles. The number of hydrogen-bond acceptors (Lipinski definition) is 7. The molecule has 2 aromatic rings. The molecular formula is C17H20N6O2. The van der Waals surface area contributed by atoms with Crippen LogP contribution in [0.3, 0.4) is 0 Å². The number of fused-ring (bicyclic) bond motifs is 1. The van der Waals surface area contributed by atoms with Crippen molar-refractivity contribution in [2.45, 2.75) is 38.6 Å². The number of nitrogen functional groups attached to an aromatic ring is 1. The zero-order valence-electron chi connectivity index (χ0n) is 14.0. The van der Waals surface area contributed by atoms with Crippen LogP contribution in [0.5, 0.6) is 0 Å². The predicted octanol–water partition coefficient (Wildman–Crippen LogP) is 1.32. The quantitative estimate of drug-likeness (QED) is 0.719. The molecule has 0 amide bonds. The van der Waals surface area contributed by atoms with Gasteiger partial charge in [-0.2, -0.15) is 4.98 Å². The van der Waals surface area contributed by atoms with Crippen LogP contribution in [-0.4, -0.2) is 26.5 Å². The maximum Gasteiger partial charge on any atom is 0.260 e. The number of rotatable bonds is 3. The fourth-order valence-electron chi connectivity index (χ4n) is 3.32. The molecule has 0 atom stereocenters. The number of allylic oxidation sites excluding steroid dienone is 1. The smallest absolute Gasteiger partial charge is 0.260 e. The first-order valence-electron chi connectivity index (χ1n) is 8.10. The summed E-state index contributed by atoms with van der Waals surface area (Å²) >= 11 is 0. The van der Waals surface area contributed by atoms with E-state index >= 15 is 0 Å². The second-order valence-electron chi connectivity index (χ2n) is 6.17. The zero-order valence-corrected chi connectivity index (χ0v) is 14.0. The van der Waals surface area contributed by atoms with Crippen molar-refractivity contribution in [2.24, 2.45) is 5.73 Å². The van der Waals surface area contributed by atoms with Crippen LogP contribution in [0.15, 0.2) is 17.1 Å². The Balaban J connectivity index is 2.35. The molecule has 3 rings (SSSR count). The Morgan fingerprint density at radius 3 is 2.60 bits per heavy atom. The summed E-state index contributed by atoms with van der Waals surface area (Å²) in [5, 5.41) is 8.20. The lowest BCUT2D eigenvalue weighted by Crippen LogP contribution is -2.31. The summed E-state index contributed by atoms with van der Waals surface area (Å²) in [5.41, 5.74) is 12.8. The molecule has 0 radical (unpaired) electrons. The zero-order chi connectivity index (χ0) is 18.1. The summed E-state index contributed by atoms with van der Waals surface area (Å²) < 4.78 is 1.59. The third-order valence-electron chi connectivity index (χ3n) is 4.62. The molecule has 2 aromatic heterocycles. The van der Waals surface area contributed by atoms with Gasteiger partial charge in [-0.25, -0.2) is 4.98 Å². The SMILES string of the molecule is Cc1nc(N)nc2c1cc(/C(C=N)=C/N)c(=O)n2C1CCC(=O)CC1. The Labute approximate surface area is 144 Å².